The van der Waals surface area contributed by atoms with Crippen molar-refractivity contribution in [2.45, 2.75) is 12.1 Å². The number of rotatable bonds is 1. The predicted molar refractivity (Wildman–Crippen MR) is 23.5 cm³/mol. The van der Waals surface area contributed by atoms with E-state index in [1.54, 1.807) is 0 Å². The van der Waals surface area contributed by atoms with E-state index >= 15 is 0 Å². The van der Waals surface area contributed by atoms with Gasteiger partial charge in [-0.2, -0.15) is 0 Å². The van der Waals surface area contributed by atoms with Gasteiger partial charge in [0.25, 0.3) is 0 Å². The van der Waals surface area contributed by atoms with E-state index in [2.05, 4.69) is 6.92 Å². The number of hydrogen-bond donors (Lipinski definition) is 0. The molecule has 0 aliphatic rings. The van der Waals surface area contributed by atoms with E-state index in [4.69, 9.17) is 9.95 Å². The minimum absolute atomic E-state index is 0.0139. The van der Waals surface area contributed by atoms with E-state index < -0.39 is 0 Å². The van der Waals surface area contributed by atoms with E-state index in [1.165, 1.54) is 5.21 Å². The molecule has 0 aliphatic carbocycles. The molecule has 0 aromatic carbocycles. The Hall–Kier alpha value is 0.848. The maximum absolute atomic E-state index is 5.31. The molecule has 1 atom stereocenters. The summed E-state index contributed by atoms with van der Waals surface area (Å²) in [5.41, 5.74) is 0. The van der Waals surface area contributed by atoms with Crippen LogP contribution in [0.3, 0.4) is 0 Å². The number of hydrogen-bond acceptors (Lipinski definition) is 0. The third-order valence-corrected chi connectivity index (χ3v) is 2.08. The van der Waals surface area contributed by atoms with Crippen molar-refractivity contribution in [1.29, 1.82) is 0 Å². The fraction of sp³-hybridized carbons (Fsp3) is 1.00. The summed E-state index contributed by atoms with van der Waals surface area (Å²) in [5.74, 6) is 0. The second-order valence-electron chi connectivity index (χ2n) is 0.487. The van der Waals surface area contributed by atoms with Crippen LogP contribution >= 0.6 is 9.95 Å². The molecule has 0 fully saturated rings. The van der Waals surface area contributed by atoms with E-state index in [0.29, 0.717) is 0 Å². The van der Waals surface area contributed by atoms with Gasteiger partial charge in [0.2, 0.25) is 0 Å². The van der Waals surface area contributed by atoms with Gasteiger partial charge in [-0.25, -0.2) is 0 Å². The SMILES string of the molecule is CC[AsH]Cl. The molecule has 0 heterocycles. The van der Waals surface area contributed by atoms with Crippen LogP contribution in [0.1, 0.15) is 6.92 Å². The van der Waals surface area contributed by atoms with Crippen LogP contribution in [0.15, 0.2) is 0 Å². The first kappa shape index (κ1) is 4.85. The van der Waals surface area contributed by atoms with E-state index in [0.717, 1.165) is 0 Å². The Kier molecular flexibility index (Phi) is 4.66. The third-order valence-electron chi connectivity index (χ3n) is 0.134. The van der Waals surface area contributed by atoms with Crippen LogP contribution in [0.25, 0.3) is 0 Å². The van der Waals surface area contributed by atoms with Gasteiger partial charge in [0.1, 0.15) is 0 Å². The van der Waals surface area contributed by atoms with Crippen LogP contribution in [0.2, 0.25) is 5.21 Å². The molecule has 1 unspecified atom stereocenters. The van der Waals surface area contributed by atoms with Crippen molar-refractivity contribution in [3.05, 3.63) is 0 Å². The van der Waals surface area contributed by atoms with E-state index in [-0.39, 0.29) is 14.8 Å². The third kappa shape index (κ3) is 2.85. The first-order valence-electron chi connectivity index (χ1n) is 1.25. The summed E-state index contributed by atoms with van der Waals surface area (Å²) in [6, 6.07) is 0. The maximum atomic E-state index is 5.31. The Balaban J connectivity index is 1.97. The summed E-state index contributed by atoms with van der Waals surface area (Å²) in [6.07, 6.45) is 0. The molecule has 2 heteroatoms. The van der Waals surface area contributed by atoms with Crippen molar-refractivity contribution >= 4 is 24.8 Å². The van der Waals surface area contributed by atoms with Gasteiger partial charge in [-0.15, -0.1) is 0 Å². The molecular formula is C2H6AsCl. The van der Waals surface area contributed by atoms with Gasteiger partial charge in [-0.3, -0.25) is 0 Å². The van der Waals surface area contributed by atoms with Gasteiger partial charge in [0, 0.05) is 0 Å². The zero-order valence-corrected chi connectivity index (χ0v) is 5.44. The molecule has 0 radical (unpaired) electrons. The van der Waals surface area contributed by atoms with Gasteiger partial charge in [0.15, 0.2) is 0 Å². The Labute approximate surface area is 37.4 Å². The standard InChI is InChI=1S/C2H6AsCl/c1-2-3-4/h3H,2H2,1H3. The van der Waals surface area contributed by atoms with Crippen molar-refractivity contribution in [2.24, 2.45) is 0 Å². The zero-order valence-electron chi connectivity index (χ0n) is 2.59. The second-order valence-corrected chi connectivity index (χ2v) is 3.92. The first-order chi connectivity index (χ1) is 1.91. The van der Waals surface area contributed by atoms with Crippen LogP contribution in [0.4, 0.5) is 0 Å². The van der Waals surface area contributed by atoms with Gasteiger partial charge >= 0.3 is 36.9 Å². The van der Waals surface area contributed by atoms with Crippen LogP contribution in [-0.4, -0.2) is 14.8 Å². The molecule has 0 saturated carbocycles. The average molecular weight is 140 g/mol. The van der Waals surface area contributed by atoms with Crippen LogP contribution in [0, 0.1) is 0 Å². The minimum atomic E-state index is -0.0139. The fourth-order valence-electron chi connectivity index (χ4n) is 0. The van der Waals surface area contributed by atoms with Crippen LogP contribution < -0.4 is 0 Å². The predicted octanol–water partition coefficient (Wildman–Crippen LogP) is 1.01. The molecule has 0 aromatic heterocycles. The summed E-state index contributed by atoms with van der Waals surface area (Å²) in [4.78, 5) is 0. The summed E-state index contributed by atoms with van der Waals surface area (Å²) in [6.45, 7) is 2.10. The quantitative estimate of drug-likeness (QED) is 0.477. The molecule has 0 rings (SSSR count). The first-order valence-corrected chi connectivity index (χ1v) is 5.49. The molecule has 4 heavy (non-hydrogen) atoms. The second kappa shape index (κ2) is 3.85. The molecular weight excluding hydrogens is 134 g/mol. The van der Waals surface area contributed by atoms with Crippen molar-refractivity contribution in [3.63, 3.8) is 0 Å². The summed E-state index contributed by atoms with van der Waals surface area (Å²) >= 11 is -0.0139. The fourth-order valence-corrected chi connectivity index (χ4v) is 0. The summed E-state index contributed by atoms with van der Waals surface area (Å²) in [5, 5.41) is 1.21. The van der Waals surface area contributed by atoms with E-state index in [1.807, 2.05) is 0 Å². The summed E-state index contributed by atoms with van der Waals surface area (Å²) in [7, 11) is 5.31. The molecule has 0 saturated heterocycles. The van der Waals surface area contributed by atoms with Gasteiger partial charge < -0.3 is 0 Å². The van der Waals surface area contributed by atoms with Crippen molar-refractivity contribution in [1.82, 2.24) is 0 Å². The zero-order chi connectivity index (χ0) is 3.41. The normalized spacial score (nSPS) is 10.5. The molecule has 0 nitrogen and oxygen atoms in total. The van der Waals surface area contributed by atoms with Crippen LogP contribution in [-0.2, 0) is 0 Å². The Morgan fingerprint density at radius 1 is 2.00 bits per heavy atom. The summed E-state index contributed by atoms with van der Waals surface area (Å²) < 4.78 is 0. The molecule has 0 aromatic rings. The monoisotopic (exact) mass is 140 g/mol. The molecule has 26 valence electrons. The Morgan fingerprint density at radius 2 is 2.25 bits per heavy atom. The van der Waals surface area contributed by atoms with Gasteiger partial charge in [0.05, 0.1) is 0 Å². The Bertz CT molecular complexity index is 8.00. The molecule has 0 spiro atoms. The molecule has 0 amide bonds. The van der Waals surface area contributed by atoms with Gasteiger partial charge in [-0.1, -0.05) is 0 Å². The molecule has 0 aliphatic heterocycles. The molecule has 0 N–H and O–H groups in total. The average Bonchev–Trinajstić information content (AvgIpc) is 1.37. The van der Waals surface area contributed by atoms with Gasteiger partial charge in [-0.05, 0) is 0 Å². The van der Waals surface area contributed by atoms with Crippen molar-refractivity contribution < 1.29 is 0 Å². The van der Waals surface area contributed by atoms with Crippen molar-refractivity contribution in [3.8, 4) is 0 Å². The van der Waals surface area contributed by atoms with Crippen LogP contribution in [0.5, 0.6) is 0 Å². The topological polar surface area (TPSA) is 0 Å². The van der Waals surface area contributed by atoms with E-state index in [9.17, 15) is 0 Å². The Morgan fingerprint density at radius 3 is 2.25 bits per heavy atom. The number of halogens is 1. The van der Waals surface area contributed by atoms with Crippen molar-refractivity contribution in [2.75, 3.05) is 0 Å². The molecule has 0 bridgehead atoms.